The smallest absolute Gasteiger partial charge is 0.172 e. The molecule has 0 bridgehead atoms. The fourth-order valence-electron chi connectivity index (χ4n) is 0.567. The third-order valence-corrected chi connectivity index (χ3v) is 3.04. The predicted molar refractivity (Wildman–Crippen MR) is 44.5 cm³/mol. The normalized spacial score (nSPS) is 9.18. The second kappa shape index (κ2) is 3.11. The lowest BCUT2D eigenvalue weighted by Gasteiger charge is -1.85. The van der Waals surface area contributed by atoms with Gasteiger partial charge in [0.25, 0.3) is 0 Å². The molecule has 1 heterocycles. The van der Waals surface area contributed by atoms with Crippen molar-refractivity contribution in [3.8, 4) is 6.07 Å². The minimum atomic E-state index is -0.0733. The van der Waals surface area contributed by atoms with Crippen LogP contribution in [0.3, 0.4) is 0 Å². The summed E-state index contributed by atoms with van der Waals surface area (Å²) in [6.45, 7) is 1.44. The number of nitriles is 1. The minimum Gasteiger partial charge on any atom is -0.293 e. The molecule has 0 saturated heterocycles. The number of rotatable bonds is 1. The van der Waals surface area contributed by atoms with Crippen molar-refractivity contribution in [3.05, 3.63) is 15.0 Å². The zero-order chi connectivity index (χ0) is 8.43. The van der Waals surface area contributed by atoms with Crippen molar-refractivity contribution < 1.29 is 4.79 Å². The Kier molecular flexibility index (Phi) is 2.37. The molecule has 0 atom stereocenters. The predicted octanol–water partition coefficient (Wildman–Crippen LogP) is 1.98. The van der Waals surface area contributed by atoms with Crippen LogP contribution in [0, 0.1) is 11.3 Å². The van der Waals surface area contributed by atoms with Crippen molar-refractivity contribution in [2.75, 3.05) is 0 Å². The Bertz CT molecular complexity index is 339. The van der Waals surface area contributed by atoms with E-state index in [0.717, 1.165) is 11.5 Å². The molecule has 0 spiro atoms. The van der Waals surface area contributed by atoms with Crippen LogP contribution in [0.2, 0.25) is 0 Å². The summed E-state index contributed by atoms with van der Waals surface area (Å²) >= 11 is 4.16. The Balaban J connectivity index is 3.24. The quantitative estimate of drug-likeness (QED) is 0.694. The van der Waals surface area contributed by atoms with Crippen LogP contribution in [0.5, 0.6) is 0 Å². The van der Waals surface area contributed by atoms with E-state index in [-0.39, 0.29) is 11.5 Å². The zero-order valence-electron chi connectivity index (χ0n) is 5.59. The van der Waals surface area contributed by atoms with E-state index in [1.807, 2.05) is 6.07 Å². The molecule has 0 aromatic carbocycles. The van der Waals surface area contributed by atoms with Crippen molar-refractivity contribution in [1.82, 2.24) is 4.37 Å². The van der Waals surface area contributed by atoms with Crippen LogP contribution in [0.1, 0.15) is 22.3 Å². The lowest BCUT2D eigenvalue weighted by Crippen LogP contribution is -1.87. The molecular weight excluding hydrogens is 228 g/mol. The summed E-state index contributed by atoms with van der Waals surface area (Å²) in [5.74, 6) is -0.0733. The standard InChI is InChI=1S/C6H3BrN2OS/c1-3(10)6-5(7)4(2-8)9-11-6/h1H3. The molecule has 0 aliphatic carbocycles. The van der Waals surface area contributed by atoms with E-state index in [1.165, 1.54) is 6.92 Å². The summed E-state index contributed by atoms with van der Waals surface area (Å²) in [5, 5.41) is 8.47. The summed E-state index contributed by atoms with van der Waals surface area (Å²) in [6, 6.07) is 1.87. The Hall–Kier alpha value is -0.730. The van der Waals surface area contributed by atoms with E-state index >= 15 is 0 Å². The Labute approximate surface area is 75.9 Å². The Morgan fingerprint density at radius 2 is 2.45 bits per heavy atom. The number of carbonyl (C=O) groups is 1. The fourth-order valence-corrected chi connectivity index (χ4v) is 1.98. The molecule has 0 radical (unpaired) electrons. The van der Waals surface area contributed by atoms with Crippen LogP contribution in [0.15, 0.2) is 4.47 Å². The van der Waals surface area contributed by atoms with Crippen LogP contribution in [0.4, 0.5) is 0 Å². The number of Topliss-reactive ketones (excluding diaryl/α,β-unsaturated/α-hetero) is 1. The van der Waals surface area contributed by atoms with Gasteiger partial charge in [-0.1, -0.05) is 0 Å². The lowest BCUT2D eigenvalue weighted by atomic mass is 10.3. The number of hydrogen-bond donors (Lipinski definition) is 0. The molecular formula is C6H3BrN2OS. The van der Waals surface area contributed by atoms with Crippen molar-refractivity contribution >= 4 is 33.2 Å². The minimum absolute atomic E-state index is 0.0733. The van der Waals surface area contributed by atoms with Gasteiger partial charge in [-0.3, -0.25) is 4.79 Å². The van der Waals surface area contributed by atoms with Crippen molar-refractivity contribution in [2.24, 2.45) is 0 Å². The average Bonchev–Trinajstić information content (AvgIpc) is 2.30. The van der Waals surface area contributed by atoms with Gasteiger partial charge < -0.3 is 0 Å². The summed E-state index contributed by atoms with van der Waals surface area (Å²) in [5.41, 5.74) is 0.278. The van der Waals surface area contributed by atoms with Crippen LogP contribution < -0.4 is 0 Å². The molecule has 0 aliphatic heterocycles. The highest BCUT2D eigenvalue weighted by atomic mass is 79.9. The van der Waals surface area contributed by atoms with Crippen LogP contribution in [-0.2, 0) is 0 Å². The monoisotopic (exact) mass is 230 g/mol. The topological polar surface area (TPSA) is 53.8 Å². The van der Waals surface area contributed by atoms with E-state index in [2.05, 4.69) is 20.3 Å². The van der Waals surface area contributed by atoms with E-state index in [4.69, 9.17) is 5.26 Å². The molecule has 1 aromatic heterocycles. The Morgan fingerprint density at radius 3 is 2.73 bits per heavy atom. The summed E-state index contributed by atoms with van der Waals surface area (Å²) < 4.78 is 4.28. The van der Waals surface area contributed by atoms with Gasteiger partial charge in [-0.15, -0.1) is 0 Å². The maximum atomic E-state index is 10.8. The molecule has 0 aliphatic rings. The van der Waals surface area contributed by atoms with Crippen molar-refractivity contribution in [3.63, 3.8) is 0 Å². The first-order valence-corrected chi connectivity index (χ1v) is 4.29. The molecule has 3 nitrogen and oxygen atoms in total. The largest absolute Gasteiger partial charge is 0.293 e. The van der Waals surface area contributed by atoms with Crippen LogP contribution >= 0.6 is 27.5 Å². The highest BCUT2D eigenvalue weighted by Gasteiger charge is 2.13. The average molecular weight is 231 g/mol. The van der Waals surface area contributed by atoms with E-state index in [0.29, 0.717) is 9.35 Å². The molecule has 1 aromatic rings. The SMILES string of the molecule is CC(=O)c1snc(C#N)c1Br. The molecule has 11 heavy (non-hydrogen) atoms. The van der Waals surface area contributed by atoms with Crippen LogP contribution in [0.25, 0.3) is 0 Å². The highest BCUT2D eigenvalue weighted by Crippen LogP contribution is 2.24. The third kappa shape index (κ3) is 1.47. The van der Waals surface area contributed by atoms with Gasteiger partial charge >= 0.3 is 0 Å². The van der Waals surface area contributed by atoms with Gasteiger partial charge in [0.15, 0.2) is 11.5 Å². The number of ketones is 1. The third-order valence-electron chi connectivity index (χ3n) is 1.06. The van der Waals surface area contributed by atoms with Crippen molar-refractivity contribution in [2.45, 2.75) is 6.92 Å². The Morgan fingerprint density at radius 1 is 1.82 bits per heavy atom. The van der Waals surface area contributed by atoms with Gasteiger partial charge in [0.05, 0.1) is 4.47 Å². The number of hydrogen-bond acceptors (Lipinski definition) is 4. The zero-order valence-corrected chi connectivity index (χ0v) is 7.99. The highest BCUT2D eigenvalue weighted by molar-refractivity contribution is 9.10. The van der Waals surface area contributed by atoms with Gasteiger partial charge in [0, 0.05) is 6.92 Å². The first-order valence-electron chi connectivity index (χ1n) is 2.73. The van der Waals surface area contributed by atoms with Gasteiger partial charge in [-0.25, -0.2) is 0 Å². The first-order chi connectivity index (χ1) is 5.16. The van der Waals surface area contributed by atoms with Crippen molar-refractivity contribution in [1.29, 1.82) is 5.26 Å². The molecule has 0 fully saturated rings. The molecule has 56 valence electrons. The number of nitrogens with zero attached hydrogens (tertiary/aromatic N) is 2. The molecule has 0 amide bonds. The number of carbonyl (C=O) groups excluding carboxylic acids is 1. The van der Waals surface area contributed by atoms with Gasteiger partial charge in [-0.05, 0) is 27.5 Å². The molecule has 1 rings (SSSR count). The second-order valence-electron chi connectivity index (χ2n) is 1.84. The molecule has 0 unspecified atom stereocenters. The molecule has 0 saturated carbocycles. The van der Waals surface area contributed by atoms with E-state index in [1.54, 1.807) is 0 Å². The second-order valence-corrected chi connectivity index (χ2v) is 3.41. The van der Waals surface area contributed by atoms with E-state index < -0.39 is 0 Å². The number of halogens is 1. The van der Waals surface area contributed by atoms with Crippen LogP contribution in [-0.4, -0.2) is 10.2 Å². The summed E-state index contributed by atoms with van der Waals surface area (Å²) in [4.78, 5) is 11.3. The fraction of sp³-hybridized carbons (Fsp3) is 0.167. The first kappa shape index (κ1) is 8.37. The summed E-state index contributed by atoms with van der Waals surface area (Å²) in [7, 11) is 0. The maximum Gasteiger partial charge on any atom is 0.172 e. The van der Waals surface area contributed by atoms with E-state index in [9.17, 15) is 4.79 Å². The molecule has 5 heteroatoms. The maximum absolute atomic E-state index is 10.8. The van der Waals surface area contributed by atoms with Gasteiger partial charge in [-0.2, -0.15) is 9.64 Å². The lowest BCUT2D eigenvalue weighted by molar-refractivity contribution is 0.102. The van der Waals surface area contributed by atoms with Gasteiger partial charge in [0.1, 0.15) is 10.9 Å². The molecule has 0 N–H and O–H groups in total. The summed E-state index contributed by atoms with van der Waals surface area (Å²) in [6.07, 6.45) is 0. The number of aromatic nitrogens is 1. The van der Waals surface area contributed by atoms with Gasteiger partial charge in [0.2, 0.25) is 0 Å².